The Kier molecular flexibility index (Phi) is 2.45. The fraction of sp³-hybridized carbons (Fsp3) is 0.455. The minimum absolute atomic E-state index is 0.149. The maximum absolute atomic E-state index is 11.5. The lowest BCUT2D eigenvalue weighted by Gasteiger charge is -2.39. The first-order valence-corrected chi connectivity index (χ1v) is 5.68. The van der Waals surface area contributed by atoms with E-state index in [1.807, 2.05) is 6.20 Å². The number of hydrogen-bond donors (Lipinski definition) is 3. The largest absolute Gasteiger partial charge is 0.395 e. The molecule has 0 spiro atoms. The first-order valence-electron chi connectivity index (χ1n) is 5.68. The highest BCUT2D eigenvalue weighted by molar-refractivity contribution is 5.77. The van der Waals surface area contributed by atoms with Crippen LogP contribution in [0.25, 0.3) is 11.0 Å². The van der Waals surface area contributed by atoms with Crippen molar-refractivity contribution in [1.29, 1.82) is 0 Å². The summed E-state index contributed by atoms with van der Waals surface area (Å²) in [6, 6.07) is 0.252. The number of fused-ring (bicyclic) bond motifs is 1. The average Bonchev–Trinajstić information content (AvgIpc) is 2.70. The Balaban J connectivity index is 1.91. The van der Waals surface area contributed by atoms with E-state index in [0.29, 0.717) is 5.52 Å². The molecule has 0 aromatic carbocycles. The molecular formula is C11H14N4O2. The Bertz CT molecular complexity index is 586. The topological polar surface area (TPSA) is 85.0 Å². The van der Waals surface area contributed by atoms with Gasteiger partial charge in [-0.2, -0.15) is 0 Å². The normalized spacial score (nSPS) is 20.6. The Labute approximate surface area is 97.3 Å². The third-order valence-electron chi connectivity index (χ3n) is 3.40. The Morgan fingerprint density at radius 1 is 1.53 bits per heavy atom. The summed E-state index contributed by atoms with van der Waals surface area (Å²) < 4.78 is 0. The zero-order valence-electron chi connectivity index (χ0n) is 9.31. The van der Waals surface area contributed by atoms with Crippen molar-refractivity contribution in [3.05, 3.63) is 28.4 Å². The van der Waals surface area contributed by atoms with Gasteiger partial charge in [-0.3, -0.25) is 9.69 Å². The summed E-state index contributed by atoms with van der Waals surface area (Å²) in [5, 5.41) is 9.12. The SMILES string of the molecule is O=c1[nH]cnc2c(CN3CC[C@@H]3CO)c[nH]c12. The molecule has 90 valence electrons. The summed E-state index contributed by atoms with van der Waals surface area (Å²) in [6.45, 7) is 1.90. The van der Waals surface area contributed by atoms with Gasteiger partial charge >= 0.3 is 0 Å². The molecule has 1 aliphatic heterocycles. The number of likely N-dealkylation sites (tertiary alicyclic amines) is 1. The Morgan fingerprint density at radius 2 is 2.41 bits per heavy atom. The molecule has 1 fully saturated rings. The summed E-state index contributed by atoms with van der Waals surface area (Å²) in [6.07, 6.45) is 4.27. The fourth-order valence-electron chi connectivity index (χ4n) is 2.25. The highest BCUT2D eigenvalue weighted by Gasteiger charge is 2.27. The van der Waals surface area contributed by atoms with Crippen molar-refractivity contribution in [2.45, 2.75) is 19.0 Å². The van der Waals surface area contributed by atoms with Gasteiger partial charge < -0.3 is 15.1 Å². The van der Waals surface area contributed by atoms with Crippen LogP contribution in [0.1, 0.15) is 12.0 Å². The second-order valence-electron chi connectivity index (χ2n) is 4.36. The van der Waals surface area contributed by atoms with Gasteiger partial charge in [0.15, 0.2) is 0 Å². The first-order chi connectivity index (χ1) is 8.29. The molecule has 0 aliphatic carbocycles. The third-order valence-corrected chi connectivity index (χ3v) is 3.40. The molecule has 3 N–H and O–H groups in total. The maximum Gasteiger partial charge on any atom is 0.275 e. The highest BCUT2D eigenvalue weighted by atomic mass is 16.3. The van der Waals surface area contributed by atoms with Crippen LogP contribution >= 0.6 is 0 Å². The molecule has 1 atom stereocenters. The fourth-order valence-corrected chi connectivity index (χ4v) is 2.25. The van der Waals surface area contributed by atoms with Gasteiger partial charge in [0, 0.05) is 30.9 Å². The predicted molar refractivity (Wildman–Crippen MR) is 62.6 cm³/mol. The van der Waals surface area contributed by atoms with Crippen LogP contribution in [0, 0.1) is 0 Å². The minimum Gasteiger partial charge on any atom is -0.395 e. The van der Waals surface area contributed by atoms with Crippen molar-refractivity contribution in [1.82, 2.24) is 19.9 Å². The van der Waals surface area contributed by atoms with Crippen molar-refractivity contribution < 1.29 is 5.11 Å². The molecule has 0 unspecified atom stereocenters. The maximum atomic E-state index is 11.5. The molecule has 0 bridgehead atoms. The second-order valence-corrected chi connectivity index (χ2v) is 4.36. The molecular weight excluding hydrogens is 220 g/mol. The minimum atomic E-state index is -0.149. The van der Waals surface area contributed by atoms with Gasteiger partial charge in [-0.15, -0.1) is 0 Å². The van der Waals surface area contributed by atoms with E-state index < -0.39 is 0 Å². The summed E-state index contributed by atoms with van der Waals surface area (Å²) in [5.74, 6) is 0. The number of nitrogens with zero attached hydrogens (tertiary/aromatic N) is 2. The van der Waals surface area contributed by atoms with E-state index >= 15 is 0 Å². The van der Waals surface area contributed by atoms with Gasteiger partial charge in [0.05, 0.1) is 18.5 Å². The van der Waals surface area contributed by atoms with Gasteiger partial charge in [-0.1, -0.05) is 0 Å². The number of H-pyrrole nitrogens is 2. The molecule has 3 heterocycles. The number of aliphatic hydroxyl groups excluding tert-OH is 1. The second kappa shape index (κ2) is 3.97. The van der Waals surface area contributed by atoms with Gasteiger partial charge in [0.2, 0.25) is 0 Å². The van der Waals surface area contributed by atoms with Crippen molar-refractivity contribution in [2.24, 2.45) is 0 Å². The lowest BCUT2D eigenvalue weighted by molar-refractivity contribution is 0.0359. The lowest BCUT2D eigenvalue weighted by atomic mass is 10.0. The Hall–Kier alpha value is -1.66. The molecule has 1 aliphatic rings. The lowest BCUT2D eigenvalue weighted by Crippen LogP contribution is -2.48. The van der Waals surface area contributed by atoms with Crippen molar-refractivity contribution >= 4 is 11.0 Å². The highest BCUT2D eigenvalue weighted by Crippen LogP contribution is 2.22. The van der Waals surface area contributed by atoms with Crippen LogP contribution in [0.2, 0.25) is 0 Å². The average molecular weight is 234 g/mol. The number of rotatable bonds is 3. The van der Waals surface area contributed by atoms with Crippen molar-refractivity contribution in [3.8, 4) is 0 Å². The van der Waals surface area contributed by atoms with Crippen LogP contribution in [0.4, 0.5) is 0 Å². The van der Waals surface area contributed by atoms with E-state index in [4.69, 9.17) is 5.11 Å². The van der Waals surface area contributed by atoms with Crippen LogP contribution in [-0.4, -0.2) is 44.2 Å². The van der Waals surface area contributed by atoms with Crippen LogP contribution in [0.5, 0.6) is 0 Å². The smallest absolute Gasteiger partial charge is 0.275 e. The summed E-state index contributed by atoms with van der Waals surface area (Å²) in [7, 11) is 0. The van der Waals surface area contributed by atoms with E-state index in [-0.39, 0.29) is 18.2 Å². The first kappa shape index (κ1) is 10.5. The van der Waals surface area contributed by atoms with Crippen molar-refractivity contribution in [2.75, 3.05) is 13.2 Å². The predicted octanol–water partition coefficient (Wildman–Crippen LogP) is -0.182. The zero-order valence-corrected chi connectivity index (χ0v) is 9.31. The molecule has 3 rings (SSSR count). The number of aromatic amines is 2. The zero-order chi connectivity index (χ0) is 11.8. The van der Waals surface area contributed by atoms with Gasteiger partial charge in [-0.25, -0.2) is 4.98 Å². The quantitative estimate of drug-likeness (QED) is 0.687. The summed E-state index contributed by atoms with van der Waals surface area (Å²) >= 11 is 0. The van der Waals surface area contributed by atoms with Crippen LogP contribution in [0.15, 0.2) is 17.3 Å². The van der Waals surface area contributed by atoms with Gasteiger partial charge in [0.1, 0.15) is 5.52 Å². The molecule has 0 amide bonds. The molecule has 0 radical (unpaired) electrons. The van der Waals surface area contributed by atoms with Crippen LogP contribution in [-0.2, 0) is 6.54 Å². The molecule has 6 heteroatoms. The molecule has 0 saturated carbocycles. The van der Waals surface area contributed by atoms with Gasteiger partial charge in [0.25, 0.3) is 5.56 Å². The molecule has 2 aromatic rings. The summed E-state index contributed by atoms with van der Waals surface area (Å²) in [5.41, 5.74) is 2.09. The third kappa shape index (κ3) is 1.65. The van der Waals surface area contributed by atoms with E-state index in [0.717, 1.165) is 30.6 Å². The molecule has 6 nitrogen and oxygen atoms in total. The van der Waals surface area contributed by atoms with Crippen molar-refractivity contribution in [3.63, 3.8) is 0 Å². The molecule has 2 aromatic heterocycles. The molecule has 17 heavy (non-hydrogen) atoms. The monoisotopic (exact) mass is 234 g/mol. The number of nitrogens with one attached hydrogen (secondary N) is 2. The van der Waals surface area contributed by atoms with Crippen LogP contribution in [0.3, 0.4) is 0 Å². The summed E-state index contributed by atoms with van der Waals surface area (Å²) in [4.78, 5) is 23.4. The molecule has 1 saturated heterocycles. The Morgan fingerprint density at radius 3 is 3.12 bits per heavy atom. The van der Waals surface area contributed by atoms with E-state index in [2.05, 4.69) is 19.9 Å². The number of aliphatic hydroxyl groups is 1. The van der Waals surface area contributed by atoms with Gasteiger partial charge in [-0.05, 0) is 6.42 Å². The van der Waals surface area contributed by atoms with E-state index in [1.54, 1.807) is 0 Å². The number of hydrogen-bond acceptors (Lipinski definition) is 4. The van der Waals surface area contributed by atoms with E-state index in [9.17, 15) is 4.79 Å². The van der Waals surface area contributed by atoms with Crippen LogP contribution < -0.4 is 5.56 Å². The van der Waals surface area contributed by atoms with E-state index in [1.165, 1.54) is 6.33 Å². The standard InChI is InChI=1S/C11H14N4O2/c16-5-8-1-2-15(8)4-7-3-12-10-9(7)13-6-14-11(10)17/h3,6,8,12,16H,1-2,4-5H2,(H,13,14,17)/t8-/m1/s1. The number of aromatic nitrogens is 3.